The normalized spacial score (nSPS) is 11.8. The maximum Gasteiger partial charge on any atom is 0.433 e. The molecule has 3 nitrogen and oxygen atoms in total. The van der Waals surface area contributed by atoms with Gasteiger partial charge in [-0.15, -0.1) is 0 Å². The van der Waals surface area contributed by atoms with Crippen LogP contribution in [0, 0.1) is 13.8 Å². The number of alkyl halides is 3. The Bertz CT molecular complexity index is 371. The Labute approximate surface area is 78.9 Å². The Kier molecular flexibility index (Phi) is 2.31. The molecule has 1 rings (SSSR count). The molecule has 0 aliphatic rings. The second-order valence-electron chi connectivity index (χ2n) is 3.01. The summed E-state index contributed by atoms with van der Waals surface area (Å²) in [7, 11) is 0. The zero-order chi connectivity index (χ0) is 11.1. The number of aromatic nitrogens is 1. The van der Waals surface area contributed by atoms with Gasteiger partial charge in [0.2, 0.25) is 0 Å². The SMILES string of the molecule is Cc1c(C(F)(F)F)nc(N)c(N)c1C. The fourth-order valence-electron chi connectivity index (χ4n) is 1.11. The largest absolute Gasteiger partial charge is 0.433 e. The predicted octanol–water partition coefficient (Wildman–Crippen LogP) is 1.88. The second kappa shape index (κ2) is 3.04. The van der Waals surface area contributed by atoms with Crippen LogP contribution < -0.4 is 11.5 Å². The molecule has 0 fully saturated rings. The number of nitrogen functional groups attached to an aromatic ring is 2. The highest BCUT2D eigenvalue weighted by Crippen LogP contribution is 2.34. The van der Waals surface area contributed by atoms with Crippen molar-refractivity contribution in [3.63, 3.8) is 0 Å². The molecule has 1 aromatic rings. The molecule has 1 aromatic heterocycles. The summed E-state index contributed by atoms with van der Waals surface area (Å²) in [5.41, 5.74) is 10.2. The molecule has 78 valence electrons. The molecule has 0 radical (unpaired) electrons. The molecule has 0 aliphatic carbocycles. The summed E-state index contributed by atoms with van der Waals surface area (Å²) in [6, 6.07) is 0. The first-order chi connectivity index (χ1) is 6.25. The number of nitrogens with two attached hydrogens (primary N) is 2. The van der Waals surface area contributed by atoms with Crippen LogP contribution in [0.25, 0.3) is 0 Å². The lowest BCUT2D eigenvalue weighted by Gasteiger charge is -2.14. The lowest BCUT2D eigenvalue weighted by atomic mass is 10.1. The molecule has 0 amide bonds. The van der Waals surface area contributed by atoms with Gasteiger partial charge in [-0.25, -0.2) is 4.98 Å². The molecule has 0 atom stereocenters. The van der Waals surface area contributed by atoms with Gasteiger partial charge in [-0.05, 0) is 25.0 Å². The van der Waals surface area contributed by atoms with E-state index in [1.54, 1.807) is 0 Å². The number of nitrogens with zero attached hydrogens (tertiary/aromatic N) is 1. The molecule has 0 unspecified atom stereocenters. The summed E-state index contributed by atoms with van der Waals surface area (Å²) in [5, 5.41) is 0. The summed E-state index contributed by atoms with van der Waals surface area (Å²) < 4.78 is 37.1. The van der Waals surface area contributed by atoms with Gasteiger partial charge in [0.25, 0.3) is 0 Å². The minimum atomic E-state index is -4.49. The van der Waals surface area contributed by atoms with Gasteiger partial charge in [0, 0.05) is 0 Å². The number of hydrogen-bond donors (Lipinski definition) is 2. The average molecular weight is 205 g/mol. The van der Waals surface area contributed by atoms with Crippen LogP contribution in [0.1, 0.15) is 16.8 Å². The predicted molar refractivity (Wildman–Crippen MR) is 47.5 cm³/mol. The third-order valence-electron chi connectivity index (χ3n) is 2.10. The van der Waals surface area contributed by atoms with Gasteiger partial charge >= 0.3 is 6.18 Å². The lowest BCUT2D eigenvalue weighted by molar-refractivity contribution is -0.141. The lowest BCUT2D eigenvalue weighted by Crippen LogP contribution is -2.15. The molecule has 0 saturated heterocycles. The first-order valence-corrected chi connectivity index (χ1v) is 3.84. The number of hydrogen-bond acceptors (Lipinski definition) is 3. The topological polar surface area (TPSA) is 64.9 Å². The van der Waals surface area contributed by atoms with Crippen molar-refractivity contribution >= 4 is 11.5 Å². The second-order valence-corrected chi connectivity index (χ2v) is 3.01. The quantitative estimate of drug-likeness (QED) is 0.679. The molecule has 0 spiro atoms. The van der Waals surface area contributed by atoms with Crippen LogP contribution in [0.2, 0.25) is 0 Å². The molecular weight excluding hydrogens is 195 g/mol. The van der Waals surface area contributed by atoms with Crippen LogP contribution >= 0.6 is 0 Å². The Morgan fingerprint density at radius 1 is 1.07 bits per heavy atom. The maximum absolute atomic E-state index is 12.4. The minimum absolute atomic E-state index is 0.0178. The van der Waals surface area contributed by atoms with Gasteiger partial charge in [-0.1, -0.05) is 0 Å². The summed E-state index contributed by atoms with van der Waals surface area (Å²) in [6.45, 7) is 2.80. The Morgan fingerprint density at radius 3 is 2.00 bits per heavy atom. The van der Waals surface area contributed by atoms with Crippen molar-refractivity contribution in [3.05, 3.63) is 16.8 Å². The number of rotatable bonds is 0. The summed E-state index contributed by atoms with van der Waals surface area (Å²) in [4.78, 5) is 3.23. The summed E-state index contributed by atoms with van der Waals surface area (Å²) >= 11 is 0. The zero-order valence-corrected chi connectivity index (χ0v) is 7.74. The van der Waals surface area contributed by atoms with Crippen molar-refractivity contribution in [3.8, 4) is 0 Å². The van der Waals surface area contributed by atoms with Crippen molar-refractivity contribution < 1.29 is 13.2 Å². The summed E-state index contributed by atoms with van der Waals surface area (Å²) in [6.07, 6.45) is -4.49. The van der Waals surface area contributed by atoms with E-state index in [0.717, 1.165) is 0 Å². The van der Waals surface area contributed by atoms with Crippen LogP contribution in [0.4, 0.5) is 24.7 Å². The van der Waals surface area contributed by atoms with Crippen molar-refractivity contribution in [1.29, 1.82) is 0 Å². The first kappa shape index (κ1) is 10.6. The Balaban J connectivity index is 3.49. The van der Waals surface area contributed by atoms with E-state index in [1.165, 1.54) is 13.8 Å². The molecule has 14 heavy (non-hydrogen) atoms. The first-order valence-electron chi connectivity index (χ1n) is 3.84. The van der Waals surface area contributed by atoms with Crippen molar-refractivity contribution in [2.45, 2.75) is 20.0 Å². The smallest absolute Gasteiger partial charge is 0.396 e. The van der Waals surface area contributed by atoms with Crippen LogP contribution in [0.3, 0.4) is 0 Å². The third-order valence-corrected chi connectivity index (χ3v) is 2.10. The molecule has 0 aromatic carbocycles. The molecule has 6 heteroatoms. The van der Waals surface area contributed by atoms with Gasteiger partial charge in [0.05, 0.1) is 5.69 Å². The van der Waals surface area contributed by atoms with E-state index in [4.69, 9.17) is 11.5 Å². The molecular formula is C8H10F3N3. The average Bonchev–Trinajstić information content (AvgIpc) is 2.06. The van der Waals surface area contributed by atoms with Gasteiger partial charge in [-0.3, -0.25) is 0 Å². The molecule has 1 heterocycles. The van der Waals surface area contributed by atoms with Crippen LogP contribution in [-0.2, 0) is 6.18 Å². The Hall–Kier alpha value is -1.46. The highest BCUT2D eigenvalue weighted by molar-refractivity contribution is 5.65. The highest BCUT2D eigenvalue weighted by atomic mass is 19.4. The molecule has 0 saturated carbocycles. The van der Waals surface area contributed by atoms with E-state index < -0.39 is 11.9 Å². The van der Waals surface area contributed by atoms with E-state index in [2.05, 4.69) is 4.98 Å². The van der Waals surface area contributed by atoms with E-state index in [1.807, 2.05) is 0 Å². The standard InChI is InChI=1S/C8H10F3N3/c1-3-4(2)6(8(9,10)11)14-7(13)5(3)12/h12H2,1-2H3,(H2,13,14). The number of halogens is 3. The van der Waals surface area contributed by atoms with Crippen molar-refractivity contribution in [2.24, 2.45) is 0 Å². The van der Waals surface area contributed by atoms with E-state index in [0.29, 0.717) is 5.56 Å². The van der Waals surface area contributed by atoms with Crippen molar-refractivity contribution in [2.75, 3.05) is 11.5 Å². The van der Waals surface area contributed by atoms with Crippen LogP contribution in [0.5, 0.6) is 0 Å². The van der Waals surface area contributed by atoms with Gasteiger partial charge < -0.3 is 11.5 Å². The number of anilines is 2. The van der Waals surface area contributed by atoms with E-state index >= 15 is 0 Å². The highest BCUT2D eigenvalue weighted by Gasteiger charge is 2.35. The van der Waals surface area contributed by atoms with Gasteiger partial charge in [0.15, 0.2) is 0 Å². The van der Waals surface area contributed by atoms with E-state index in [9.17, 15) is 13.2 Å². The molecule has 0 aliphatic heterocycles. The molecule has 4 N–H and O–H groups in total. The number of pyridine rings is 1. The fraction of sp³-hybridized carbons (Fsp3) is 0.375. The monoisotopic (exact) mass is 205 g/mol. The van der Waals surface area contributed by atoms with Crippen molar-refractivity contribution in [1.82, 2.24) is 4.98 Å². The molecule has 0 bridgehead atoms. The fourth-order valence-corrected chi connectivity index (χ4v) is 1.11. The third kappa shape index (κ3) is 1.59. The van der Waals surface area contributed by atoms with Gasteiger partial charge in [-0.2, -0.15) is 13.2 Å². The van der Waals surface area contributed by atoms with Gasteiger partial charge in [0.1, 0.15) is 11.5 Å². The Morgan fingerprint density at radius 2 is 1.57 bits per heavy atom. The zero-order valence-electron chi connectivity index (χ0n) is 7.74. The van der Waals surface area contributed by atoms with Crippen LogP contribution in [-0.4, -0.2) is 4.98 Å². The maximum atomic E-state index is 12.4. The summed E-state index contributed by atoms with van der Waals surface area (Å²) in [5.74, 6) is -0.277. The minimum Gasteiger partial charge on any atom is -0.396 e. The van der Waals surface area contributed by atoms with E-state index in [-0.39, 0.29) is 17.1 Å². The van der Waals surface area contributed by atoms with Crippen LogP contribution in [0.15, 0.2) is 0 Å².